The van der Waals surface area contributed by atoms with E-state index in [4.69, 9.17) is 15.2 Å². The number of hydrogen-bond acceptors (Lipinski definition) is 4. The zero-order valence-corrected chi connectivity index (χ0v) is 10.4. The maximum Gasteiger partial charge on any atom is 0.145 e. The zero-order valence-electron chi connectivity index (χ0n) is 9.63. The van der Waals surface area contributed by atoms with Gasteiger partial charge < -0.3 is 15.2 Å². The standard InChI is InChI=1S/C13H15NO2S/c1-15-10-4-2-5-11(8-10)16-12(9-14)13-6-3-7-17-13/h2-8,12H,9,14H2,1H3. The molecule has 0 aliphatic heterocycles. The Balaban J connectivity index is 2.13. The summed E-state index contributed by atoms with van der Waals surface area (Å²) in [7, 11) is 1.64. The number of hydrogen-bond donors (Lipinski definition) is 1. The van der Waals surface area contributed by atoms with Crippen molar-refractivity contribution in [3.05, 3.63) is 46.7 Å². The molecular weight excluding hydrogens is 234 g/mol. The second-order valence-electron chi connectivity index (χ2n) is 3.54. The first kappa shape index (κ1) is 12.0. The topological polar surface area (TPSA) is 44.5 Å². The second kappa shape index (κ2) is 5.70. The third kappa shape index (κ3) is 2.99. The predicted octanol–water partition coefficient (Wildman–Crippen LogP) is 2.84. The molecule has 1 aromatic heterocycles. The van der Waals surface area contributed by atoms with E-state index in [-0.39, 0.29) is 6.10 Å². The highest BCUT2D eigenvalue weighted by atomic mass is 32.1. The largest absolute Gasteiger partial charge is 0.497 e. The normalized spacial score (nSPS) is 12.1. The van der Waals surface area contributed by atoms with Gasteiger partial charge in [0.15, 0.2) is 0 Å². The lowest BCUT2D eigenvalue weighted by molar-refractivity contribution is 0.217. The average molecular weight is 249 g/mol. The third-order valence-corrected chi connectivity index (χ3v) is 3.36. The number of thiophene rings is 1. The van der Waals surface area contributed by atoms with Crippen LogP contribution >= 0.6 is 11.3 Å². The Morgan fingerprint density at radius 3 is 2.71 bits per heavy atom. The molecule has 2 aromatic rings. The van der Waals surface area contributed by atoms with Crippen LogP contribution in [0.5, 0.6) is 11.5 Å². The summed E-state index contributed by atoms with van der Waals surface area (Å²) in [6.45, 7) is 0.456. The van der Waals surface area contributed by atoms with Crippen LogP contribution in [0, 0.1) is 0 Å². The van der Waals surface area contributed by atoms with Crippen LogP contribution in [0.2, 0.25) is 0 Å². The highest BCUT2D eigenvalue weighted by molar-refractivity contribution is 7.10. The van der Waals surface area contributed by atoms with Gasteiger partial charge in [-0.2, -0.15) is 0 Å². The van der Waals surface area contributed by atoms with Crippen molar-refractivity contribution < 1.29 is 9.47 Å². The molecule has 1 aromatic carbocycles. The molecule has 0 bridgehead atoms. The zero-order chi connectivity index (χ0) is 12.1. The summed E-state index contributed by atoms with van der Waals surface area (Å²) in [5.74, 6) is 1.55. The average Bonchev–Trinajstić information content (AvgIpc) is 2.90. The van der Waals surface area contributed by atoms with Crippen molar-refractivity contribution in [2.75, 3.05) is 13.7 Å². The van der Waals surface area contributed by atoms with Gasteiger partial charge in [-0.1, -0.05) is 12.1 Å². The van der Waals surface area contributed by atoms with Crippen molar-refractivity contribution in [2.45, 2.75) is 6.10 Å². The summed E-state index contributed by atoms with van der Waals surface area (Å²) in [4.78, 5) is 1.13. The molecule has 0 fully saturated rings. The summed E-state index contributed by atoms with van der Waals surface area (Å²) in [5, 5.41) is 2.02. The van der Waals surface area contributed by atoms with E-state index in [0.29, 0.717) is 6.54 Å². The van der Waals surface area contributed by atoms with Crippen molar-refractivity contribution in [1.82, 2.24) is 0 Å². The van der Waals surface area contributed by atoms with Crippen molar-refractivity contribution in [3.8, 4) is 11.5 Å². The summed E-state index contributed by atoms with van der Waals surface area (Å²) in [5.41, 5.74) is 5.73. The Morgan fingerprint density at radius 2 is 2.06 bits per heavy atom. The minimum Gasteiger partial charge on any atom is -0.497 e. The van der Waals surface area contributed by atoms with Crippen molar-refractivity contribution >= 4 is 11.3 Å². The van der Waals surface area contributed by atoms with Crippen LogP contribution in [-0.4, -0.2) is 13.7 Å². The van der Waals surface area contributed by atoms with Crippen LogP contribution in [0.25, 0.3) is 0 Å². The number of nitrogens with two attached hydrogens (primary N) is 1. The highest BCUT2D eigenvalue weighted by Crippen LogP contribution is 2.26. The Morgan fingerprint density at radius 1 is 1.24 bits per heavy atom. The van der Waals surface area contributed by atoms with E-state index in [1.807, 2.05) is 41.8 Å². The molecule has 0 saturated heterocycles. The minimum absolute atomic E-state index is 0.0953. The van der Waals surface area contributed by atoms with E-state index in [1.165, 1.54) is 0 Å². The Hall–Kier alpha value is -1.52. The quantitative estimate of drug-likeness (QED) is 0.886. The second-order valence-corrected chi connectivity index (χ2v) is 4.52. The van der Waals surface area contributed by atoms with Crippen LogP contribution in [-0.2, 0) is 0 Å². The molecule has 2 N–H and O–H groups in total. The monoisotopic (exact) mass is 249 g/mol. The van der Waals surface area contributed by atoms with Gasteiger partial charge in [0.05, 0.1) is 7.11 Å². The summed E-state index contributed by atoms with van der Waals surface area (Å²) < 4.78 is 11.0. The maximum atomic E-state index is 5.86. The van der Waals surface area contributed by atoms with Gasteiger partial charge in [0.25, 0.3) is 0 Å². The maximum absolute atomic E-state index is 5.86. The molecule has 17 heavy (non-hydrogen) atoms. The van der Waals surface area contributed by atoms with Gasteiger partial charge in [0.2, 0.25) is 0 Å². The van der Waals surface area contributed by atoms with Gasteiger partial charge in [-0.25, -0.2) is 0 Å². The molecule has 0 saturated carbocycles. The van der Waals surface area contributed by atoms with Crippen LogP contribution in [0.1, 0.15) is 11.0 Å². The molecule has 0 aliphatic rings. The van der Waals surface area contributed by atoms with E-state index in [0.717, 1.165) is 16.4 Å². The first-order chi connectivity index (χ1) is 8.33. The van der Waals surface area contributed by atoms with Gasteiger partial charge in [-0.15, -0.1) is 11.3 Å². The van der Waals surface area contributed by atoms with Gasteiger partial charge in [0.1, 0.15) is 17.6 Å². The fourth-order valence-corrected chi connectivity index (χ4v) is 2.30. The molecule has 0 spiro atoms. The summed E-state index contributed by atoms with van der Waals surface area (Å²) in [6, 6.07) is 11.6. The Kier molecular flexibility index (Phi) is 4.01. The highest BCUT2D eigenvalue weighted by Gasteiger charge is 2.12. The minimum atomic E-state index is -0.0953. The van der Waals surface area contributed by atoms with Gasteiger partial charge in [-0.05, 0) is 23.6 Å². The van der Waals surface area contributed by atoms with Crippen molar-refractivity contribution in [1.29, 1.82) is 0 Å². The Bertz CT molecular complexity index is 456. The van der Waals surface area contributed by atoms with Gasteiger partial charge >= 0.3 is 0 Å². The smallest absolute Gasteiger partial charge is 0.145 e. The lowest BCUT2D eigenvalue weighted by Crippen LogP contribution is -2.17. The molecule has 1 unspecified atom stereocenters. The molecule has 0 radical (unpaired) electrons. The van der Waals surface area contributed by atoms with E-state index < -0.39 is 0 Å². The van der Waals surface area contributed by atoms with Crippen molar-refractivity contribution in [2.24, 2.45) is 5.73 Å². The van der Waals surface area contributed by atoms with E-state index in [1.54, 1.807) is 18.4 Å². The summed E-state index contributed by atoms with van der Waals surface area (Å²) >= 11 is 1.65. The Labute approximate surface area is 105 Å². The molecule has 2 rings (SSSR count). The summed E-state index contributed by atoms with van der Waals surface area (Å²) in [6.07, 6.45) is -0.0953. The third-order valence-electron chi connectivity index (χ3n) is 2.39. The lowest BCUT2D eigenvalue weighted by Gasteiger charge is -2.16. The fourth-order valence-electron chi connectivity index (χ4n) is 1.54. The number of ether oxygens (including phenoxy) is 2. The number of rotatable bonds is 5. The SMILES string of the molecule is COc1cccc(OC(CN)c2cccs2)c1. The molecule has 1 heterocycles. The molecule has 1 atom stereocenters. The fraction of sp³-hybridized carbons (Fsp3) is 0.231. The first-order valence-corrected chi connectivity index (χ1v) is 6.25. The molecule has 4 heteroatoms. The first-order valence-electron chi connectivity index (χ1n) is 5.37. The molecule has 0 aliphatic carbocycles. The van der Waals surface area contributed by atoms with Crippen LogP contribution < -0.4 is 15.2 Å². The van der Waals surface area contributed by atoms with Crippen molar-refractivity contribution in [3.63, 3.8) is 0 Å². The predicted molar refractivity (Wildman–Crippen MR) is 69.7 cm³/mol. The lowest BCUT2D eigenvalue weighted by atomic mass is 10.2. The molecule has 3 nitrogen and oxygen atoms in total. The number of benzene rings is 1. The molecule has 0 amide bonds. The van der Waals surface area contributed by atoms with E-state index in [2.05, 4.69) is 0 Å². The van der Waals surface area contributed by atoms with Gasteiger partial charge in [0, 0.05) is 17.5 Å². The number of methoxy groups -OCH3 is 1. The van der Waals surface area contributed by atoms with E-state index in [9.17, 15) is 0 Å². The van der Waals surface area contributed by atoms with Crippen LogP contribution in [0.15, 0.2) is 41.8 Å². The van der Waals surface area contributed by atoms with Crippen LogP contribution in [0.4, 0.5) is 0 Å². The van der Waals surface area contributed by atoms with Crippen LogP contribution in [0.3, 0.4) is 0 Å². The molecular formula is C13H15NO2S. The van der Waals surface area contributed by atoms with E-state index >= 15 is 0 Å². The van der Waals surface area contributed by atoms with Gasteiger partial charge in [-0.3, -0.25) is 0 Å². The molecule has 90 valence electrons.